The molecule has 33 heavy (non-hydrogen) atoms. The van der Waals surface area contributed by atoms with Crippen molar-refractivity contribution in [1.82, 2.24) is 5.43 Å². The minimum atomic E-state index is -4.13. The van der Waals surface area contributed by atoms with Crippen LogP contribution in [0.1, 0.15) is 5.56 Å². The van der Waals surface area contributed by atoms with Gasteiger partial charge >= 0.3 is 0 Å². The van der Waals surface area contributed by atoms with E-state index in [9.17, 15) is 23.3 Å². The molecular weight excluding hydrogens is 491 g/mol. The Morgan fingerprint density at radius 1 is 1.03 bits per heavy atom. The molecule has 0 fully saturated rings. The number of nitro benzene ring substituents is 1. The van der Waals surface area contributed by atoms with Crippen LogP contribution in [0.4, 0.5) is 11.4 Å². The summed E-state index contributed by atoms with van der Waals surface area (Å²) in [7, 11) is -4.13. The van der Waals surface area contributed by atoms with Crippen LogP contribution in [0.3, 0.4) is 0 Å². The van der Waals surface area contributed by atoms with Gasteiger partial charge in [-0.05, 0) is 30.3 Å². The van der Waals surface area contributed by atoms with Crippen LogP contribution in [0.15, 0.2) is 82.8 Å². The second-order valence-electron chi connectivity index (χ2n) is 6.57. The van der Waals surface area contributed by atoms with Crippen molar-refractivity contribution in [1.29, 1.82) is 0 Å². The highest BCUT2D eigenvalue weighted by Gasteiger charge is 2.27. The van der Waals surface area contributed by atoms with Crippen molar-refractivity contribution in [3.8, 4) is 0 Å². The summed E-state index contributed by atoms with van der Waals surface area (Å²) in [4.78, 5) is 22.8. The zero-order valence-corrected chi connectivity index (χ0v) is 19.1. The molecule has 1 amide bonds. The molecule has 0 aliphatic rings. The first-order valence-electron chi connectivity index (χ1n) is 9.27. The first-order chi connectivity index (χ1) is 15.7. The van der Waals surface area contributed by atoms with Crippen LogP contribution in [-0.2, 0) is 14.8 Å². The summed E-state index contributed by atoms with van der Waals surface area (Å²) in [6.45, 7) is -0.610. The lowest BCUT2D eigenvalue weighted by Crippen LogP contribution is -2.39. The lowest BCUT2D eigenvalue weighted by Gasteiger charge is -2.24. The Kier molecular flexibility index (Phi) is 7.64. The number of nitrogens with one attached hydrogen (secondary N) is 1. The summed E-state index contributed by atoms with van der Waals surface area (Å²) in [5.41, 5.74) is 2.60. The number of hydrogen-bond acceptors (Lipinski definition) is 6. The van der Waals surface area contributed by atoms with Crippen molar-refractivity contribution in [3.63, 3.8) is 0 Å². The normalized spacial score (nSPS) is 11.3. The Bertz CT molecular complexity index is 1320. The predicted octanol–water partition coefficient (Wildman–Crippen LogP) is 4.25. The summed E-state index contributed by atoms with van der Waals surface area (Å²) in [6.07, 6.45) is 1.21. The van der Waals surface area contributed by atoms with Gasteiger partial charge < -0.3 is 0 Å². The van der Waals surface area contributed by atoms with E-state index in [1.165, 1.54) is 54.7 Å². The van der Waals surface area contributed by atoms with Crippen molar-refractivity contribution in [2.24, 2.45) is 5.10 Å². The monoisotopic (exact) mass is 506 g/mol. The molecule has 0 saturated heterocycles. The van der Waals surface area contributed by atoms with Crippen LogP contribution in [0.2, 0.25) is 10.0 Å². The van der Waals surface area contributed by atoms with E-state index in [0.717, 1.165) is 4.31 Å². The number of benzene rings is 3. The molecule has 12 heteroatoms. The van der Waals surface area contributed by atoms with Crippen LogP contribution in [0.5, 0.6) is 0 Å². The highest BCUT2D eigenvalue weighted by Crippen LogP contribution is 2.30. The molecule has 3 aromatic rings. The zero-order valence-electron chi connectivity index (χ0n) is 16.8. The van der Waals surface area contributed by atoms with Crippen LogP contribution < -0.4 is 9.73 Å². The average molecular weight is 507 g/mol. The van der Waals surface area contributed by atoms with E-state index < -0.39 is 27.4 Å². The molecular formula is C21H16Cl2N4O5S. The molecule has 3 rings (SSSR count). The first-order valence-corrected chi connectivity index (χ1v) is 11.5. The van der Waals surface area contributed by atoms with Crippen molar-refractivity contribution in [3.05, 3.63) is 98.5 Å². The van der Waals surface area contributed by atoms with E-state index in [2.05, 4.69) is 10.5 Å². The number of non-ortho nitro benzene ring substituents is 1. The molecule has 170 valence electrons. The number of hydrazone groups is 1. The van der Waals surface area contributed by atoms with Gasteiger partial charge in [0, 0.05) is 17.7 Å². The molecule has 0 aliphatic heterocycles. The van der Waals surface area contributed by atoms with E-state index in [1.54, 1.807) is 24.3 Å². The third-order valence-corrected chi connectivity index (χ3v) is 6.82. The largest absolute Gasteiger partial charge is 0.271 e. The van der Waals surface area contributed by atoms with Gasteiger partial charge in [0.05, 0.1) is 31.8 Å². The number of anilines is 1. The Morgan fingerprint density at radius 2 is 1.76 bits per heavy atom. The first kappa shape index (κ1) is 24.2. The van der Waals surface area contributed by atoms with E-state index >= 15 is 0 Å². The fraction of sp³-hybridized carbons (Fsp3) is 0.0476. The minimum Gasteiger partial charge on any atom is -0.271 e. The van der Waals surface area contributed by atoms with Crippen LogP contribution >= 0.6 is 23.2 Å². The standard InChI is InChI=1S/C21H16Cl2N4O5S/c22-19-10-9-16(12-20(19)23)26(33(31,32)18-7-2-1-3-8-18)14-21(28)25-24-13-15-5-4-6-17(11-15)27(29)30/h1-13H,14H2,(H,25,28)/b24-13+. The average Bonchev–Trinajstić information content (AvgIpc) is 2.80. The Morgan fingerprint density at radius 3 is 2.42 bits per heavy atom. The van der Waals surface area contributed by atoms with E-state index in [0.29, 0.717) is 5.56 Å². The molecule has 0 saturated carbocycles. The van der Waals surface area contributed by atoms with Gasteiger partial charge in [0.1, 0.15) is 6.54 Å². The SMILES string of the molecule is O=C(CN(c1ccc(Cl)c(Cl)c1)S(=O)(=O)c1ccccc1)N/N=C/c1cccc([N+](=O)[O-])c1. The molecule has 0 aromatic heterocycles. The fourth-order valence-electron chi connectivity index (χ4n) is 2.74. The number of amides is 1. The number of halogens is 2. The highest BCUT2D eigenvalue weighted by atomic mass is 35.5. The van der Waals surface area contributed by atoms with Gasteiger partial charge in [-0.25, -0.2) is 13.8 Å². The highest BCUT2D eigenvalue weighted by molar-refractivity contribution is 7.92. The van der Waals surface area contributed by atoms with Crippen molar-refractivity contribution in [2.75, 3.05) is 10.8 Å². The molecule has 1 N–H and O–H groups in total. The lowest BCUT2D eigenvalue weighted by atomic mass is 10.2. The van der Waals surface area contributed by atoms with Crippen LogP contribution in [-0.4, -0.2) is 32.0 Å². The Hall–Kier alpha value is -3.47. The topological polar surface area (TPSA) is 122 Å². The third-order valence-electron chi connectivity index (χ3n) is 4.29. The third kappa shape index (κ3) is 6.07. The maximum Gasteiger partial charge on any atom is 0.270 e. The Balaban J connectivity index is 1.84. The summed E-state index contributed by atoms with van der Waals surface area (Å²) >= 11 is 12.0. The summed E-state index contributed by atoms with van der Waals surface area (Å²) < 4.78 is 27.3. The molecule has 0 atom stereocenters. The van der Waals surface area contributed by atoms with Gasteiger partial charge in [-0.2, -0.15) is 5.10 Å². The van der Waals surface area contributed by atoms with Crippen molar-refractivity contribution >= 4 is 56.7 Å². The van der Waals surface area contributed by atoms with Crippen LogP contribution in [0, 0.1) is 10.1 Å². The minimum absolute atomic E-state index is 0.0241. The maximum atomic E-state index is 13.2. The second kappa shape index (κ2) is 10.4. The number of carbonyl (C=O) groups excluding carboxylic acids is 1. The quantitative estimate of drug-likeness (QED) is 0.278. The number of nitrogens with zero attached hydrogens (tertiary/aromatic N) is 3. The van der Waals surface area contributed by atoms with Gasteiger partial charge in [0.25, 0.3) is 21.6 Å². The number of hydrogen-bond donors (Lipinski definition) is 1. The molecule has 0 unspecified atom stereocenters. The number of nitro groups is 1. The Labute approximate surface area is 199 Å². The molecule has 9 nitrogen and oxygen atoms in total. The predicted molar refractivity (Wildman–Crippen MR) is 126 cm³/mol. The van der Waals surface area contributed by atoms with E-state index in [1.807, 2.05) is 0 Å². The second-order valence-corrected chi connectivity index (χ2v) is 9.25. The zero-order chi connectivity index (χ0) is 24.0. The number of rotatable bonds is 8. The van der Waals surface area contributed by atoms with Gasteiger partial charge in [-0.3, -0.25) is 19.2 Å². The summed E-state index contributed by atoms with van der Waals surface area (Å²) in [5, 5.41) is 15.0. The molecule has 0 heterocycles. The maximum absolute atomic E-state index is 13.2. The van der Waals surface area contributed by atoms with Crippen molar-refractivity contribution < 1.29 is 18.1 Å². The number of sulfonamides is 1. The molecule has 0 aliphatic carbocycles. The van der Waals surface area contributed by atoms with Crippen LogP contribution in [0.25, 0.3) is 0 Å². The van der Waals surface area contributed by atoms with Gasteiger partial charge in [0.2, 0.25) is 0 Å². The van der Waals surface area contributed by atoms with Gasteiger partial charge in [0.15, 0.2) is 0 Å². The lowest BCUT2D eigenvalue weighted by molar-refractivity contribution is -0.384. The molecule has 3 aromatic carbocycles. The molecule has 0 bridgehead atoms. The fourth-order valence-corrected chi connectivity index (χ4v) is 4.46. The summed E-state index contributed by atoms with van der Waals surface area (Å²) in [5.74, 6) is -0.748. The van der Waals surface area contributed by atoms with E-state index in [-0.39, 0.29) is 26.3 Å². The summed E-state index contributed by atoms with van der Waals surface area (Å²) in [6, 6.07) is 17.4. The van der Waals surface area contributed by atoms with Crippen molar-refractivity contribution in [2.45, 2.75) is 4.90 Å². The molecule has 0 radical (unpaired) electrons. The number of carbonyl (C=O) groups is 1. The smallest absolute Gasteiger partial charge is 0.270 e. The molecule has 0 spiro atoms. The van der Waals surface area contributed by atoms with Gasteiger partial charge in [-0.15, -0.1) is 0 Å². The van der Waals surface area contributed by atoms with E-state index in [4.69, 9.17) is 23.2 Å². The van der Waals surface area contributed by atoms with Gasteiger partial charge in [-0.1, -0.05) is 53.5 Å².